The number of benzene rings is 2. The summed E-state index contributed by atoms with van der Waals surface area (Å²) < 4.78 is 34.3. The molecular weight excluding hydrogens is 580 g/mol. The molecule has 11 heteroatoms. The lowest BCUT2D eigenvalue weighted by atomic mass is 10.0. The van der Waals surface area contributed by atoms with Crippen molar-refractivity contribution in [1.82, 2.24) is 10.3 Å². The third kappa shape index (κ3) is 9.94. The number of pyridine rings is 1. The molecule has 1 amide bonds. The zero-order chi connectivity index (χ0) is 32.0. The van der Waals surface area contributed by atoms with E-state index in [2.05, 4.69) is 22.4 Å². The maximum atomic E-state index is 13.4. The number of nitrogens with zero attached hydrogens (tertiary/aromatic N) is 1. The van der Waals surface area contributed by atoms with E-state index in [4.69, 9.17) is 28.4 Å². The second-order valence-corrected chi connectivity index (χ2v) is 10.6. The molecule has 1 fully saturated rings. The van der Waals surface area contributed by atoms with Gasteiger partial charge in [0.05, 0.1) is 7.11 Å². The minimum atomic E-state index is -0.969. The van der Waals surface area contributed by atoms with Crippen molar-refractivity contribution in [3.05, 3.63) is 84.2 Å². The van der Waals surface area contributed by atoms with Crippen LogP contribution in [0.3, 0.4) is 0 Å². The molecule has 45 heavy (non-hydrogen) atoms. The molecule has 0 unspecified atom stereocenters. The van der Waals surface area contributed by atoms with Crippen molar-refractivity contribution in [3.8, 4) is 17.2 Å². The van der Waals surface area contributed by atoms with Crippen molar-refractivity contribution in [2.24, 2.45) is 0 Å². The van der Waals surface area contributed by atoms with E-state index in [1.54, 1.807) is 6.92 Å². The number of cyclic esters (lactones) is 1. The molecule has 1 aliphatic heterocycles. The molecular formula is C34H40N2O9. The van der Waals surface area contributed by atoms with Gasteiger partial charge in [0.2, 0.25) is 6.79 Å². The number of aromatic nitrogens is 1. The lowest BCUT2D eigenvalue weighted by Crippen LogP contribution is -2.46. The van der Waals surface area contributed by atoms with Gasteiger partial charge in [0.15, 0.2) is 17.2 Å². The Morgan fingerprint density at radius 1 is 1.02 bits per heavy atom. The first kappa shape index (κ1) is 33.3. The fourth-order valence-electron chi connectivity index (χ4n) is 5.04. The first-order chi connectivity index (χ1) is 21.9. The highest BCUT2D eigenvalue weighted by Crippen LogP contribution is 2.30. The molecule has 1 aliphatic rings. The molecule has 4 rings (SSSR count). The van der Waals surface area contributed by atoms with E-state index in [1.807, 2.05) is 48.5 Å². The zero-order valence-electron chi connectivity index (χ0n) is 25.8. The average molecular weight is 621 g/mol. The summed E-state index contributed by atoms with van der Waals surface area (Å²) in [6, 6.07) is 20.2. The molecule has 1 saturated heterocycles. The summed E-state index contributed by atoms with van der Waals surface area (Å²) in [4.78, 5) is 42.1. The molecule has 2 aromatic carbocycles. The highest BCUT2D eigenvalue weighted by Gasteiger charge is 2.36. The van der Waals surface area contributed by atoms with Crippen molar-refractivity contribution in [2.75, 3.05) is 20.5 Å². The molecule has 2 heterocycles. The molecule has 1 aromatic heterocycles. The minimum absolute atomic E-state index is 0.0242. The molecule has 0 spiro atoms. The second kappa shape index (κ2) is 17.0. The molecule has 11 nitrogen and oxygen atoms in total. The number of ether oxygens (including phenoxy) is 6. The summed E-state index contributed by atoms with van der Waals surface area (Å²) in [5, 5.41) is 2.74. The Morgan fingerprint density at radius 3 is 2.47 bits per heavy atom. The van der Waals surface area contributed by atoms with Crippen molar-refractivity contribution in [2.45, 2.75) is 70.3 Å². The molecule has 4 atom stereocenters. The van der Waals surface area contributed by atoms with Crippen LogP contribution in [0.2, 0.25) is 0 Å². The molecule has 3 aromatic rings. The van der Waals surface area contributed by atoms with Crippen LogP contribution < -0.4 is 19.5 Å². The van der Waals surface area contributed by atoms with Crippen molar-refractivity contribution < 1.29 is 42.8 Å². The Morgan fingerprint density at radius 2 is 1.76 bits per heavy atom. The third-order valence-electron chi connectivity index (χ3n) is 7.26. The number of hydrogen-bond donors (Lipinski definition) is 1. The molecule has 1 N–H and O–H groups in total. The number of esters is 2. The highest BCUT2D eigenvalue weighted by atomic mass is 16.7. The SMILES string of the molecule is COc1ccnc(C(=O)N[C@H]2CCC[C@H](Oc3ccccc3)[C@@H](OCCCc3ccccc3)[C@H](C)OC2=O)c1OCOC(C)=O. The lowest BCUT2D eigenvalue weighted by molar-refractivity contribution is -0.163. The van der Waals surface area contributed by atoms with Gasteiger partial charge in [-0.15, -0.1) is 0 Å². The standard InChI is InChI=1S/C34H40N2O9/c1-23-31(41-21-11-14-25-12-6-4-7-13-25)29(45-26-15-8-5-9-16-26)18-10-17-27(34(39)44-23)36-33(38)30-32(43-22-42-24(2)37)28(40-3)19-20-35-30/h4-9,12-13,15-16,19-20,23,27,29,31H,10-11,14,17-18,21-22H2,1-3H3,(H,36,38)/t23-,27-,29-,31-/m0/s1. The monoisotopic (exact) mass is 620 g/mol. The van der Waals surface area contributed by atoms with Crippen LogP contribution in [0.4, 0.5) is 0 Å². The van der Waals surface area contributed by atoms with Gasteiger partial charge in [-0.3, -0.25) is 9.59 Å². The average Bonchev–Trinajstić information content (AvgIpc) is 3.08. The van der Waals surface area contributed by atoms with E-state index in [1.165, 1.54) is 31.9 Å². The summed E-state index contributed by atoms with van der Waals surface area (Å²) in [5.41, 5.74) is 1.09. The Balaban J connectivity index is 1.47. The van der Waals surface area contributed by atoms with Gasteiger partial charge in [0, 0.05) is 25.8 Å². The Kier molecular flexibility index (Phi) is 12.6. The van der Waals surface area contributed by atoms with Crippen LogP contribution in [-0.4, -0.2) is 67.7 Å². The first-order valence-corrected chi connectivity index (χ1v) is 15.0. The predicted molar refractivity (Wildman–Crippen MR) is 164 cm³/mol. The number of amides is 1. The number of methoxy groups -OCH3 is 1. The second-order valence-electron chi connectivity index (χ2n) is 10.6. The van der Waals surface area contributed by atoms with Gasteiger partial charge in [0.25, 0.3) is 5.91 Å². The lowest BCUT2D eigenvalue weighted by Gasteiger charge is -2.31. The van der Waals surface area contributed by atoms with E-state index < -0.39 is 49.0 Å². The number of carbonyl (C=O) groups is 3. The number of rotatable bonds is 13. The van der Waals surface area contributed by atoms with Crippen molar-refractivity contribution in [3.63, 3.8) is 0 Å². The number of hydrogen-bond acceptors (Lipinski definition) is 10. The smallest absolute Gasteiger partial charge is 0.329 e. The van der Waals surface area contributed by atoms with Gasteiger partial charge in [-0.2, -0.15) is 0 Å². The number of aryl methyl sites for hydroxylation is 1. The van der Waals surface area contributed by atoms with Crippen molar-refractivity contribution >= 4 is 17.8 Å². The van der Waals surface area contributed by atoms with Crippen LogP contribution in [0.25, 0.3) is 0 Å². The Hall–Kier alpha value is -4.64. The summed E-state index contributed by atoms with van der Waals surface area (Å²) in [6.07, 6.45) is 2.79. The fraction of sp³-hybridized carbons (Fsp3) is 0.412. The van der Waals surface area contributed by atoms with Gasteiger partial charge >= 0.3 is 11.9 Å². The molecule has 0 bridgehead atoms. The van der Waals surface area contributed by atoms with Crippen LogP contribution in [0.1, 0.15) is 55.6 Å². The van der Waals surface area contributed by atoms with Gasteiger partial charge < -0.3 is 33.7 Å². The first-order valence-electron chi connectivity index (χ1n) is 15.0. The van der Waals surface area contributed by atoms with E-state index in [9.17, 15) is 14.4 Å². The summed E-state index contributed by atoms with van der Waals surface area (Å²) in [7, 11) is 1.40. The number of nitrogens with one attached hydrogen (secondary N) is 1. The van der Waals surface area contributed by atoms with Gasteiger partial charge in [0.1, 0.15) is 30.1 Å². The summed E-state index contributed by atoms with van der Waals surface area (Å²) in [5.74, 6) is -0.955. The summed E-state index contributed by atoms with van der Waals surface area (Å²) >= 11 is 0. The van der Waals surface area contributed by atoms with E-state index >= 15 is 0 Å². The van der Waals surface area contributed by atoms with Gasteiger partial charge in [-0.1, -0.05) is 48.5 Å². The molecule has 0 radical (unpaired) electrons. The zero-order valence-corrected chi connectivity index (χ0v) is 25.8. The van der Waals surface area contributed by atoms with Crippen molar-refractivity contribution in [1.29, 1.82) is 0 Å². The van der Waals surface area contributed by atoms with Gasteiger partial charge in [-0.25, -0.2) is 9.78 Å². The van der Waals surface area contributed by atoms with Crippen LogP contribution in [-0.2, 0) is 30.2 Å². The maximum absolute atomic E-state index is 13.4. The van der Waals surface area contributed by atoms with E-state index in [0.717, 1.165) is 12.8 Å². The normalized spacial score (nSPS) is 20.0. The Bertz CT molecular complexity index is 1390. The topological polar surface area (TPSA) is 132 Å². The van der Waals surface area contributed by atoms with Crippen LogP contribution in [0, 0.1) is 0 Å². The Labute approximate surface area is 263 Å². The molecule has 240 valence electrons. The third-order valence-corrected chi connectivity index (χ3v) is 7.26. The highest BCUT2D eigenvalue weighted by molar-refractivity contribution is 5.98. The minimum Gasteiger partial charge on any atom is -0.493 e. The van der Waals surface area contributed by atoms with E-state index in [0.29, 0.717) is 31.6 Å². The number of carbonyl (C=O) groups excluding carboxylic acids is 3. The quantitative estimate of drug-likeness (QED) is 0.163. The van der Waals surface area contributed by atoms with Crippen LogP contribution in [0.15, 0.2) is 72.9 Å². The summed E-state index contributed by atoms with van der Waals surface area (Å²) in [6.45, 7) is 3.01. The number of para-hydroxylation sites is 1. The largest absolute Gasteiger partial charge is 0.493 e. The fourth-order valence-corrected chi connectivity index (χ4v) is 5.04. The van der Waals surface area contributed by atoms with Crippen LogP contribution in [0.5, 0.6) is 17.2 Å². The van der Waals surface area contributed by atoms with E-state index in [-0.39, 0.29) is 17.2 Å². The molecule has 0 aliphatic carbocycles. The van der Waals surface area contributed by atoms with Gasteiger partial charge in [-0.05, 0) is 56.7 Å². The molecule has 0 saturated carbocycles. The van der Waals surface area contributed by atoms with Crippen LogP contribution >= 0.6 is 0 Å². The predicted octanol–water partition coefficient (Wildman–Crippen LogP) is 4.67. The maximum Gasteiger partial charge on any atom is 0.329 e.